The van der Waals surface area contributed by atoms with Gasteiger partial charge in [0.15, 0.2) is 11.5 Å². The Bertz CT molecular complexity index is 431. The van der Waals surface area contributed by atoms with E-state index in [1.165, 1.54) is 0 Å². The van der Waals surface area contributed by atoms with E-state index in [9.17, 15) is 0 Å². The van der Waals surface area contributed by atoms with E-state index in [0.29, 0.717) is 6.61 Å². The van der Waals surface area contributed by atoms with Crippen molar-refractivity contribution in [3.8, 4) is 11.5 Å². The monoisotopic (exact) mass is 315 g/mol. The molecule has 1 N–H and O–H groups in total. The van der Waals surface area contributed by atoms with Crippen LogP contribution in [-0.4, -0.2) is 33.9 Å². The van der Waals surface area contributed by atoms with E-state index in [2.05, 4.69) is 21.2 Å². The molecule has 1 fully saturated rings. The molecule has 0 radical (unpaired) electrons. The van der Waals surface area contributed by atoms with E-state index < -0.39 is 0 Å². The lowest BCUT2D eigenvalue weighted by atomic mass is 10.0. The minimum atomic E-state index is -0.0168. The van der Waals surface area contributed by atoms with E-state index in [0.717, 1.165) is 40.2 Å². The van der Waals surface area contributed by atoms with Crippen molar-refractivity contribution in [2.24, 2.45) is 0 Å². The second-order valence-electron chi connectivity index (χ2n) is 4.22. The third kappa shape index (κ3) is 2.48. The lowest BCUT2D eigenvalue weighted by molar-refractivity contribution is 0.0255. The van der Waals surface area contributed by atoms with E-state index >= 15 is 0 Å². The Hall–Kier alpha value is -0.780. The number of methoxy groups -OCH3 is 2. The molecule has 1 unspecified atom stereocenters. The van der Waals surface area contributed by atoms with Crippen molar-refractivity contribution in [3.63, 3.8) is 0 Å². The van der Waals surface area contributed by atoms with Gasteiger partial charge in [0.2, 0.25) is 0 Å². The summed E-state index contributed by atoms with van der Waals surface area (Å²) < 4.78 is 17.7. The Kier molecular flexibility index (Phi) is 4.48. The summed E-state index contributed by atoms with van der Waals surface area (Å²) in [6.07, 6.45) is -0.0168. The van der Waals surface area contributed by atoms with Gasteiger partial charge in [-0.1, -0.05) is 0 Å². The average molecular weight is 316 g/mol. The Morgan fingerprint density at radius 1 is 1.39 bits per heavy atom. The zero-order valence-electron chi connectivity index (χ0n) is 10.9. The fraction of sp³-hybridized carbons (Fsp3) is 0.538. The van der Waals surface area contributed by atoms with Gasteiger partial charge < -0.3 is 19.5 Å². The first-order chi connectivity index (χ1) is 8.69. The average Bonchev–Trinajstić information content (AvgIpc) is 2.42. The number of hydrogen-bond donors (Lipinski definition) is 1. The van der Waals surface area contributed by atoms with Crippen molar-refractivity contribution in [2.75, 3.05) is 33.9 Å². The number of aryl methyl sites for hydroxylation is 1. The Morgan fingerprint density at radius 3 is 2.72 bits per heavy atom. The molecule has 100 valence electrons. The number of halogens is 1. The first kappa shape index (κ1) is 13.6. The highest BCUT2D eigenvalue weighted by Crippen LogP contribution is 2.43. The molecule has 0 aromatic heterocycles. The van der Waals surface area contributed by atoms with Gasteiger partial charge in [-0.2, -0.15) is 0 Å². The summed E-state index contributed by atoms with van der Waals surface area (Å²) in [6, 6.07) is 1.96. The molecule has 1 aromatic carbocycles. The van der Waals surface area contributed by atoms with Crippen molar-refractivity contribution in [1.82, 2.24) is 5.32 Å². The summed E-state index contributed by atoms with van der Waals surface area (Å²) in [7, 11) is 3.30. The normalized spacial score (nSPS) is 19.7. The predicted octanol–water partition coefficient (Wildman–Crippen LogP) is 2.44. The fourth-order valence-corrected chi connectivity index (χ4v) is 2.72. The van der Waals surface area contributed by atoms with Crippen LogP contribution in [0.15, 0.2) is 10.5 Å². The van der Waals surface area contributed by atoms with Crippen molar-refractivity contribution in [2.45, 2.75) is 13.0 Å². The van der Waals surface area contributed by atoms with Gasteiger partial charge in [0.25, 0.3) is 0 Å². The number of nitrogens with one attached hydrogen (secondary N) is 1. The summed E-state index contributed by atoms with van der Waals surface area (Å²) in [6.45, 7) is 4.41. The second-order valence-corrected chi connectivity index (χ2v) is 5.01. The molecule has 5 heteroatoms. The zero-order chi connectivity index (χ0) is 13.1. The van der Waals surface area contributed by atoms with Gasteiger partial charge in [0, 0.05) is 23.1 Å². The summed E-state index contributed by atoms with van der Waals surface area (Å²) in [5.41, 5.74) is 2.12. The van der Waals surface area contributed by atoms with Gasteiger partial charge in [0.1, 0.15) is 0 Å². The largest absolute Gasteiger partial charge is 0.493 e. The number of rotatable bonds is 3. The van der Waals surface area contributed by atoms with Gasteiger partial charge in [-0.25, -0.2) is 0 Å². The standard InChI is InChI=1S/C13H18BrNO3/c1-8-6-9(16-2)13(17-3)11(12(8)14)10-7-15-4-5-18-10/h6,10,15H,4-5,7H2,1-3H3. The molecule has 18 heavy (non-hydrogen) atoms. The topological polar surface area (TPSA) is 39.7 Å². The maximum atomic E-state index is 5.81. The van der Waals surface area contributed by atoms with Crippen molar-refractivity contribution >= 4 is 15.9 Å². The smallest absolute Gasteiger partial charge is 0.167 e. The van der Waals surface area contributed by atoms with E-state index in [1.807, 2.05) is 13.0 Å². The molecule has 1 aromatic rings. The minimum absolute atomic E-state index is 0.0168. The zero-order valence-corrected chi connectivity index (χ0v) is 12.5. The molecule has 4 nitrogen and oxygen atoms in total. The van der Waals surface area contributed by atoms with Crippen LogP contribution in [-0.2, 0) is 4.74 Å². The third-order valence-corrected chi connectivity index (χ3v) is 4.12. The molecule has 1 heterocycles. The molecular weight excluding hydrogens is 298 g/mol. The Balaban J connectivity index is 2.51. The summed E-state index contributed by atoms with van der Waals surface area (Å²) in [5.74, 6) is 1.48. The van der Waals surface area contributed by atoms with Gasteiger partial charge in [-0.3, -0.25) is 0 Å². The Labute approximate surface area is 116 Å². The quantitative estimate of drug-likeness (QED) is 0.930. The number of hydrogen-bond acceptors (Lipinski definition) is 4. The van der Waals surface area contributed by atoms with Crippen LogP contribution >= 0.6 is 15.9 Å². The maximum absolute atomic E-state index is 5.81. The molecule has 0 amide bonds. The highest BCUT2D eigenvalue weighted by atomic mass is 79.9. The van der Waals surface area contributed by atoms with Crippen LogP contribution in [0.25, 0.3) is 0 Å². The first-order valence-corrected chi connectivity index (χ1v) is 6.71. The first-order valence-electron chi connectivity index (χ1n) is 5.92. The van der Waals surface area contributed by atoms with Crippen LogP contribution in [0.3, 0.4) is 0 Å². The molecule has 0 aliphatic carbocycles. The van der Waals surface area contributed by atoms with Crippen LogP contribution < -0.4 is 14.8 Å². The molecule has 0 bridgehead atoms. The van der Waals surface area contributed by atoms with Gasteiger partial charge in [-0.15, -0.1) is 0 Å². The van der Waals surface area contributed by atoms with Crippen molar-refractivity contribution < 1.29 is 14.2 Å². The van der Waals surface area contributed by atoms with Crippen LogP contribution in [0.2, 0.25) is 0 Å². The molecule has 2 rings (SSSR count). The molecule has 1 aliphatic rings. The van der Waals surface area contributed by atoms with Crippen LogP contribution in [0.1, 0.15) is 17.2 Å². The fourth-order valence-electron chi connectivity index (χ4n) is 2.17. The Morgan fingerprint density at radius 2 is 2.17 bits per heavy atom. The van der Waals surface area contributed by atoms with E-state index in [-0.39, 0.29) is 6.10 Å². The van der Waals surface area contributed by atoms with Crippen molar-refractivity contribution in [3.05, 3.63) is 21.7 Å². The van der Waals surface area contributed by atoms with Gasteiger partial charge in [-0.05, 0) is 34.5 Å². The number of morpholine rings is 1. The summed E-state index contributed by atoms with van der Waals surface area (Å²) in [5, 5.41) is 3.33. The molecular formula is C13H18BrNO3. The summed E-state index contributed by atoms with van der Waals surface area (Å²) in [4.78, 5) is 0. The SMILES string of the molecule is COc1cc(C)c(Br)c(C2CNCCO2)c1OC. The lowest BCUT2D eigenvalue weighted by Gasteiger charge is -2.27. The predicted molar refractivity (Wildman–Crippen MR) is 73.5 cm³/mol. The van der Waals surface area contributed by atoms with Crippen LogP contribution in [0, 0.1) is 6.92 Å². The van der Waals surface area contributed by atoms with E-state index in [4.69, 9.17) is 14.2 Å². The molecule has 1 saturated heterocycles. The highest BCUT2D eigenvalue weighted by molar-refractivity contribution is 9.10. The number of benzene rings is 1. The number of ether oxygens (including phenoxy) is 3. The van der Waals surface area contributed by atoms with Crippen LogP contribution in [0.4, 0.5) is 0 Å². The van der Waals surface area contributed by atoms with Crippen LogP contribution in [0.5, 0.6) is 11.5 Å². The van der Waals surface area contributed by atoms with Gasteiger partial charge in [0.05, 0.1) is 26.9 Å². The van der Waals surface area contributed by atoms with Gasteiger partial charge >= 0.3 is 0 Å². The minimum Gasteiger partial charge on any atom is -0.493 e. The highest BCUT2D eigenvalue weighted by Gasteiger charge is 2.26. The second kappa shape index (κ2) is 5.91. The molecule has 1 atom stereocenters. The third-order valence-electron chi connectivity index (χ3n) is 3.07. The van der Waals surface area contributed by atoms with Crippen molar-refractivity contribution in [1.29, 1.82) is 0 Å². The molecule has 0 saturated carbocycles. The lowest BCUT2D eigenvalue weighted by Crippen LogP contribution is -2.33. The molecule has 1 aliphatic heterocycles. The van der Waals surface area contributed by atoms with E-state index in [1.54, 1.807) is 14.2 Å². The molecule has 0 spiro atoms. The summed E-state index contributed by atoms with van der Waals surface area (Å²) >= 11 is 3.63. The maximum Gasteiger partial charge on any atom is 0.167 e.